The summed E-state index contributed by atoms with van der Waals surface area (Å²) in [6.45, 7) is -0.764. The lowest BCUT2D eigenvalue weighted by molar-refractivity contribution is -0.148. The summed E-state index contributed by atoms with van der Waals surface area (Å²) in [4.78, 5) is 50.6. The molecule has 0 unspecified atom stereocenters. The summed E-state index contributed by atoms with van der Waals surface area (Å²) in [6.07, 6.45) is 0.256. The molecular weight excluding hydrogens is 659 g/mol. The SMILES string of the molecule is O=C(COc1ccc(Cl)c2c(=O)c3ccccc3sc12)OCCCOC(=O)COc1ccc(Cl)c2c(=O)c3ccccc3sc12. The van der Waals surface area contributed by atoms with Gasteiger partial charge in [0.05, 0.1) is 43.4 Å². The summed E-state index contributed by atoms with van der Waals surface area (Å²) >= 11 is 15.3. The maximum Gasteiger partial charge on any atom is 0.344 e. The molecule has 0 N–H and O–H groups in total. The fourth-order valence-corrected chi connectivity index (χ4v) is 7.63. The third-order valence-corrected chi connectivity index (χ3v) is 9.79. The molecule has 0 fully saturated rings. The summed E-state index contributed by atoms with van der Waals surface area (Å²) in [7, 11) is 0. The van der Waals surface area contributed by atoms with Crippen LogP contribution in [0.4, 0.5) is 0 Å². The largest absolute Gasteiger partial charge is 0.480 e. The molecule has 45 heavy (non-hydrogen) atoms. The van der Waals surface area contributed by atoms with Crippen LogP contribution in [0.5, 0.6) is 11.5 Å². The minimum absolute atomic E-state index is 0.00147. The van der Waals surface area contributed by atoms with Gasteiger partial charge < -0.3 is 18.9 Å². The van der Waals surface area contributed by atoms with Gasteiger partial charge in [-0.3, -0.25) is 9.59 Å². The maximum atomic E-state index is 13.0. The van der Waals surface area contributed by atoms with Crippen molar-refractivity contribution in [1.82, 2.24) is 0 Å². The van der Waals surface area contributed by atoms with Crippen molar-refractivity contribution in [2.24, 2.45) is 0 Å². The second-order valence-electron chi connectivity index (χ2n) is 9.73. The number of esters is 2. The van der Waals surface area contributed by atoms with Crippen LogP contribution in [-0.4, -0.2) is 38.4 Å². The van der Waals surface area contributed by atoms with Gasteiger partial charge in [0.25, 0.3) is 0 Å². The Morgan fingerprint density at radius 3 is 1.47 bits per heavy atom. The molecule has 2 aromatic heterocycles. The predicted octanol–water partition coefficient (Wildman–Crippen LogP) is 7.38. The fraction of sp³-hybridized carbons (Fsp3) is 0.152. The predicted molar refractivity (Wildman–Crippen MR) is 179 cm³/mol. The van der Waals surface area contributed by atoms with Gasteiger partial charge in [-0.15, -0.1) is 22.7 Å². The minimum atomic E-state index is -0.623. The molecular formula is C33H22Cl2O8S2. The van der Waals surface area contributed by atoms with Gasteiger partial charge in [0.15, 0.2) is 24.1 Å². The van der Waals surface area contributed by atoms with E-state index in [4.69, 9.17) is 42.1 Å². The molecule has 0 radical (unpaired) electrons. The van der Waals surface area contributed by atoms with Crippen LogP contribution in [0.25, 0.3) is 40.3 Å². The first-order valence-electron chi connectivity index (χ1n) is 13.7. The molecule has 8 nitrogen and oxygen atoms in total. The number of rotatable bonds is 10. The van der Waals surface area contributed by atoms with Crippen molar-refractivity contribution >= 4 is 98.2 Å². The number of ether oxygens (including phenoxy) is 4. The second-order valence-corrected chi connectivity index (χ2v) is 12.6. The Morgan fingerprint density at radius 2 is 1.02 bits per heavy atom. The Kier molecular flexibility index (Phi) is 9.18. The fourth-order valence-electron chi connectivity index (χ4n) is 4.70. The Morgan fingerprint density at radius 1 is 0.600 bits per heavy atom. The monoisotopic (exact) mass is 680 g/mol. The van der Waals surface area contributed by atoms with E-state index in [-0.39, 0.29) is 43.7 Å². The minimum Gasteiger partial charge on any atom is -0.480 e. The van der Waals surface area contributed by atoms with E-state index in [0.29, 0.717) is 52.5 Å². The highest BCUT2D eigenvalue weighted by molar-refractivity contribution is 7.25. The zero-order valence-electron chi connectivity index (χ0n) is 23.3. The number of halogens is 2. The molecule has 2 heterocycles. The third kappa shape index (κ3) is 6.46. The van der Waals surface area contributed by atoms with Gasteiger partial charge >= 0.3 is 11.9 Å². The topological polar surface area (TPSA) is 105 Å². The molecule has 4 aromatic carbocycles. The van der Waals surface area contributed by atoms with E-state index in [1.807, 2.05) is 24.3 Å². The Labute approximate surface area is 273 Å². The standard InChI is InChI=1S/C33H22Cl2O8S2/c34-20-10-12-22(32-28(20)30(38)18-6-1-3-8-24(18)44-32)42-16-26(36)40-14-5-15-41-27(37)17-43-23-13-11-21(35)29-31(39)19-7-2-4-9-25(19)45-33(23)29/h1-4,6-13H,5,14-17H2. The van der Waals surface area contributed by atoms with E-state index >= 15 is 0 Å². The smallest absolute Gasteiger partial charge is 0.344 e. The third-order valence-electron chi connectivity index (χ3n) is 6.79. The van der Waals surface area contributed by atoms with Gasteiger partial charge in [0.1, 0.15) is 11.5 Å². The maximum absolute atomic E-state index is 13.0. The van der Waals surface area contributed by atoms with Gasteiger partial charge in [-0.25, -0.2) is 9.59 Å². The number of benzene rings is 4. The number of carbonyl (C=O) groups is 2. The normalized spacial score (nSPS) is 11.2. The van der Waals surface area contributed by atoms with Crippen molar-refractivity contribution in [2.75, 3.05) is 26.4 Å². The molecule has 6 rings (SSSR count). The van der Waals surface area contributed by atoms with Gasteiger partial charge in [0.2, 0.25) is 0 Å². The molecule has 0 amide bonds. The van der Waals surface area contributed by atoms with Crippen LogP contribution in [0.1, 0.15) is 6.42 Å². The van der Waals surface area contributed by atoms with E-state index in [2.05, 4.69) is 0 Å². The zero-order valence-corrected chi connectivity index (χ0v) is 26.4. The van der Waals surface area contributed by atoms with Crippen LogP contribution in [0.3, 0.4) is 0 Å². The number of hydrogen-bond acceptors (Lipinski definition) is 10. The highest BCUT2D eigenvalue weighted by Crippen LogP contribution is 2.37. The number of fused-ring (bicyclic) bond motifs is 4. The average Bonchev–Trinajstić information content (AvgIpc) is 3.04. The van der Waals surface area contributed by atoms with Crippen molar-refractivity contribution < 1.29 is 28.5 Å². The van der Waals surface area contributed by atoms with Gasteiger partial charge in [-0.1, -0.05) is 47.5 Å². The molecule has 0 atom stereocenters. The summed E-state index contributed by atoms with van der Waals surface area (Å²) in [5.74, 6) is -0.548. The molecule has 228 valence electrons. The number of carbonyl (C=O) groups excluding carboxylic acids is 2. The molecule has 0 bridgehead atoms. The molecule has 12 heteroatoms. The highest BCUT2D eigenvalue weighted by atomic mass is 35.5. The highest BCUT2D eigenvalue weighted by Gasteiger charge is 2.17. The van der Waals surface area contributed by atoms with E-state index in [0.717, 1.165) is 9.40 Å². The molecule has 0 saturated heterocycles. The van der Waals surface area contributed by atoms with Crippen LogP contribution >= 0.6 is 45.9 Å². The summed E-state index contributed by atoms with van der Waals surface area (Å²) < 4.78 is 24.4. The van der Waals surface area contributed by atoms with Crippen molar-refractivity contribution in [3.63, 3.8) is 0 Å². The lowest BCUT2D eigenvalue weighted by atomic mass is 10.2. The Bertz CT molecular complexity index is 2070. The second kappa shape index (κ2) is 13.4. The molecule has 0 spiro atoms. The molecule has 6 aromatic rings. The van der Waals surface area contributed by atoms with Crippen LogP contribution in [0.15, 0.2) is 82.4 Å². The first-order chi connectivity index (χ1) is 21.8. The molecule has 0 aliphatic rings. The first-order valence-corrected chi connectivity index (χ1v) is 16.1. The lowest BCUT2D eigenvalue weighted by Gasteiger charge is -2.11. The van der Waals surface area contributed by atoms with Crippen molar-refractivity contribution in [2.45, 2.75) is 6.42 Å². The van der Waals surface area contributed by atoms with Gasteiger partial charge in [-0.2, -0.15) is 0 Å². The van der Waals surface area contributed by atoms with Crippen LogP contribution in [-0.2, 0) is 19.1 Å². The Balaban J connectivity index is 0.984. The van der Waals surface area contributed by atoms with Crippen molar-refractivity contribution in [3.05, 3.63) is 103 Å². The van der Waals surface area contributed by atoms with Crippen LogP contribution < -0.4 is 20.3 Å². The molecule has 0 aliphatic heterocycles. The quantitative estimate of drug-likeness (QED) is 0.0838. The Hall–Kier alpha value is -4.22. The average molecular weight is 682 g/mol. The van der Waals surface area contributed by atoms with E-state index in [1.165, 1.54) is 22.7 Å². The van der Waals surface area contributed by atoms with Crippen LogP contribution in [0.2, 0.25) is 10.0 Å². The van der Waals surface area contributed by atoms with Gasteiger partial charge in [0, 0.05) is 26.6 Å². The van der Waals surface area contributed by atoms with Crippen LogP contribution in [0, 0.1) is 0 Å². The van der Waals surface area contributed by atoms with Crippen molar-refractivity contribution in [3.8, 4) is 11.5 Å². The molecule has 0 aliphatic carbocycles. The first kappa shape index (κ1) is 30.8. The zero-order chi connectivity index (χ0) is 31.5. The summed E-state index contributed by atoms with van der Waals surface area (Å²) in [5, 5.41) is 2.41. The van der Waals surface area contributed by atoms with E-state index in [9.17, 15) is 19.2 Å². The summed E-state index contributed by atoms with van der Waals surface area (Å²) in [6, 6.07) is 20.8. The van der Waals surface area contributed by atoms with Crippen molar-refractivity contribution in [1.29, 1.82) is 0 Å². The molecule has 0 saturated carbocycles. The number of hydrogen-bond donors (Lipinski definition) is 0. The van der Waals surface area contributed by atoms with E-state index in [1.54, 1.807) is 48.5 Å². The van der Waals surface area contributed by atoms with E-state index < -0.39 is 11.9 Å². The summed E-state index contributed by atoms with van der Waals surface area (Å²) in [5.41, 5.74) is -0.408. The van der Waals surface area contributed by atoms with Gasteiger partial charge in [-0.05, 0) is 48.5 Å². The lowest BCUT2D eigenvalue weighted by Crippen LogP contribution is -2.18.